The molecule has 0 radical (unpaired) electrons. The number of nitrogens with zero attached hydrogens (tertiary/aromatic N) is 1. The average molecular weight is 274 g/mol. The van der Waals surface area contributed by atoms with Crippen LogP contribution in [0.15, 0.2) is 16.6 Å². The van der Waals surface area contributed by atoms with E-state index in [2.05, 4.69) is 15.9 Å². The van der Waals surface area contributed by atoms with E-state index in [9.17, 15) is 14.9 Å². The molecule has 1 aromatic carbocycles. The minimum Gasteiger partial charge on any atom is -0.419 e. The van der Waals surface area contributed by atoms with Gasteiger partial charge >= 0.3 is 11.7 Å². The maximum Gasteiger partial charge on any atom is 0.312 e. The van der Waals surface area contributed by atoms with Gasteiger partial charge in [0.05, 0.1) is 4.92 Å². The van der Waals surface area contributed by atoms with Crippen LogP contribution in [0.1, 0.15) is 12.5 Å². The number of rotatable bonds is 2. The van der Waals surface area contributed by atoms with Gasteiger partial charge in [-0.25, -0.2) is 0 Å². The highest BCUT2D eigenvalue weighted by Crippen LogP contribution is 2.35. The molecule has 0 amide bonds. The molecule has 0 spiro atoms. The van der Waals surface area contributed by atoms with Crippen molar-refractivity contribution in [1.29, 1.82) is 0 Å². The van der Waals surface area contributed by atoms with Crippen molar-refractivity contribution in [3.05, 3.63) is 32.3 Å². The predicted octanol–water partition coefficient (Wildman–Crippen LogP) is 2.59. The van der Waals surface area contributed by atoms with Crippen LogP contribution in [0.3, 0.4) is 0 Å². The van der Waals surface area contributed by atoms with Crippen LogP contribution in [0, 0.1) is 17.0 Å². The van der Waals surface area contributed by atoms with Crippen molar-refractivity contribution in [2.45, 2.75) is 13.8 Å². The Morgan fingerprint density at radius 2 is 2.13 bits per heavy atom. The Kier molecular flexibility index (Phi) is 3.41. The molecule has 0 saturated carbocycles. The highest BCUT2D eigenvalue weighted by Gasteiger charge is 2.20. The summed E-state index contributed by atoms with van der Waals surface area (Å²) in [5.41, 5.74) is 0.310. The van der Waals surface area contributed by atoms with Crippen LogP contribution in [0.5, 0.6) is 5.75 Å². The van der Waals surface area contributed by atoms with Crippen molar-refractivity contribution < 1.29 is 14.5 Å². The summed E-state index contributed by atoms with van der Waals surface area (Å²) >= 11 is 3.21. The van der Waals surface area contributed by atoms with E-state index in [1.165, 1.54) is 13.0 Å². The number of benzene rings is 1. The standard InChI is InChI=1S/C9H8BrNO4/c1-5-7(10)3-4-8(11(13)14)9(5)15-6(2)12/h3-4H,1-2H3. The second-order valence-electron chi connectivity index (χ2n) is 2.87. The number of carbonyl (C=O) groups is 1. The van der Waals surface area contributed by atoms with Gasteiger partial charge in [-0.3, -0.25) is 14.9 Å². The Bertz CT molecular complexity index is 430. The first-order chi connectivity index (χ1) is 6.93. The molecular weight excluding hydrogens is 266 g/mol. The highest BCUT2D eigenvalue weighted by molar-refractivity contribution is 9.10. The monoisotopic (exact) mass is 273 g/mol. The van der Waals surface area contributed by atoms with Gasteiger partial charge in [-0.15, -0.1) is 0 Å². The van der Waals surface area contributed by atoms with Crippen LogP contribution >= 0.6 is 15.9 Å². The molecule has 0 aromatic heterocycles. The second kappa shape index (κ2) is 4.39. The molecule has 0 unspecified atom stereocenters. The lowest BCUT2D eigenvalue weighted by molar-refractivity contribution is -0.385. The van der Waals surface area contributed by atoms with Gasteiger partial charge in [0.25, 0.3) is 0 Å². The van der Waals surface area contributed by atoms with E-state index in [0.29, 0.717) is 10.0 Å². The van der Waals surface area contributed by atoms with Gasteiger partial charge in [0.15, 0.2) is 0 Å². The van der Waals surface area contributed by atoms with Crippen molar-refractivity contribution >= 4 is 27.6 Å². The third kappa shape index (κ3) is 2.53. The molecule has 0 aliphatic heterocycles. The summed E-state index contributed by atoms with van der Waals surface area (Å²) in [5, 5.41) is 10.7. The third-order valence-electron chi connectivity index (χ3n) is 1.76. The Morgan fingerprint density at radius 3 is 2.60 bits per heavy atom. The number of nitro benzene ring substituents is 1. The Morgan fingerprint density at radius 1 is 1.53 bits per heavy atom. The zero-order valence-electron chi connectivity index (χ0n) is 8.11. The summed E-state index contributed by atoms with van der Waals surface area (Å²) in [6.45, 7) is 2.83. The molecule has 0 bridgehead atoms. The summed E-state index contributed by atoms with van der Waals surface area (Å²) in [6.07, 6.45) is 0. The van der Waals surface area contributed by atoms with E-state index in [1.807, 2.05) is 0 Å². The number of carbonyl (C=O) groups excluding carboxylic acids is 1. The molecule has 1 rings (SSSR count). The zero-order chi connectivity index (χ0) is 11.6. The summed E-state index contributed by atoms with van der Waals surface area (Å²) in [4.78, 5) is 20.9. The van der Waals surface area contributed by atoms with Gasteiger partial charge in [-0.1, -0.05) is 15.9 Å². The number of nitro groups is 1. The Labute approximate surface area is 94.3 Å². The summed E-state index contributed by atoms with van der Waals surface area (Å²) < 4.78 is 5.46. The molecule has 0 N–H and O–H groups in total. The van der Waals surface area contributed by atoms with E-state index >= 15 is 0 Å². The van der Waals surface area contributed by atoms with Gasteiger partial charge in [0, 0.05) is 23.0 Å². The minimum atomic E-state index is -0.586. The van der Waals surface area contributed by atoms with Gasteiger partial charge < -0.3 is 4.74 Å². The maximum absolute atomic E-state index is 10.8. The topological polar surface area (TPSA) is 69.4 Å². The molecular formula is C9H8BrNO4. The van der Waals surface area contributed by atoms with Crippen molar-refractivity contribution in [3.8, 4) is 5.75 Å². The molecule has 0 heterocycles. The van der Waals surface area contributed by atoms with Gasteiger partial charge in [0.2, 0.25) is 5.75 Å². The van der Waals surface area contributed by atoms with Crippen LogP contribution in [0.2, 0.25) is 0 Å². The van der Waals surface area contributed by atoms with Crippen LogP contribution < -0.4 is 4.74 Å². The zero-order valence-corrected chi connectivity index (χ0v) is 9.70. The molecule has 6 heteroatoms. The smallest absolute Gasteiger partial charge is 0.312 e. The molecule has 5 nitrogen and oxygen atoms in total. The number of hydrogen-bond acceptors (Lipinski definition) is 4. The molecule has 0 fully saturated rings. The fraction of sp³-hybridized carbons (Fsp3) is 0.222. The van der Waals surface area contributed by atoms with Crippen molar-refractivity contribution in [3.63, 3.8) is 0 Å². The van der Waals surface area contributed by atoms with Crippen LogP contribution in [-0.2, 0) is 4.79 Å². The van der Waals surface area contributed by atoms with Crippen LogP contribution in [0.25, 0.3) is 0 Å². The molecule has 0 saturated heterocycles. The first-order valence-corrected chi connectivity index (χ1v) is 4.84. The summed E-state index contributed by atoms with van der Waals surface area (Å²) in [5.74, 6) is -0.596. The molecule has 15 heavy (non-hydrogen) atoms. The maximum atomic E-state index is 10.8. The molecule has 0 aliphatic rings. The average Bonchev–Trinajstić information content (AvgIpc) is 2.12. The molecule has 0 aliphatic carbocycles. The fourth-order valence-electron chi connectivity index (χ4n) is 1.07. The SMILES string of the molecule is CC(=O)Oc1c([N+](=O)[O-])ccc(Br)c1C. The van der Waals surface area contributed by atoms with E-state index in [0.717, 1.165) is 0 Å². The second-order valence-corrected chi connectivity index (χ2v) is 3.73. The normalized spacial score (nSPS) is 9.80. The quantitative estimate of drug-likeness (QED) is 0.359. The minimum absolute atomic E-state index is 0.0122. The van der Waals surface area contributed by atoms with Crippen molar-refractivity contribution in [2.24, 2.45) is 0 Å². The number of ether oxygens (including phenoxy) is 1. The lowest BCUT2D eigenvalue weighted by atomic mass is 10.2. The number of hydrogen-bond donors (Lipinski definition) is 0. The number of halogens is 1. The fourth-order valence-corrected chi connectivity index (χ4v) is 1.38. The predicted molar refractivity (Wildman–Crippen MR) is 56.8 cm³/mol. The lowest BCUT2D eigenvalue weighted by Crippen LogP contribution is -2.05. The van der Waals surface area contributed by atoms with E-state index in [-0.39, 0.29) is 11.4 Å². The van der Waals surface area contributed by atoms with E-state index in [4.69, 9.17) is 4.74 Å². The first kappa shape index (κ1) is 11.6. The van der Waals surface area contributed by atoms with Gasteiger partial charge in [0.1, 0.15) is 0 Å². The molecule has 1 aromatic rings. The highest BCUT2D eigenvalue weighted by atomic mass is 79.9. The molecule has 0 atom stereocenters. The first-order valence-electron chi connectivity index (χ1n) is 4.05. The largest absolute Gasteiger partial charge is 0.419 e. The Hall–Kier alpha value is -1.43. The van der Waals surface area contributed by atoms with E-state index in [1.54, 1.807) is 13.0 Å². The van der Waals surface area contributed by atoms with Gasteiger partial charge in [-0.05, 0) is 13.0 Å². The summed E-state index contributed by atoms with van der Waals surface area (Å²) in [7, 11) is 0. The molecule has 80 valence electrons. The number of esters is 1. The lowest BCUT2D eigenvalue weighted by Gasteiger charge is -2.07. The van der Waals surface area contributed by atoms with Crippen molar-refractivity contribution in [2.75, 3.05) is 0 Å². The van der Waals surface area contributed by atoms with Crippen LogP contribution in [0.4, 0.5) is 5.69 Å². The Balaban J connectivity index is 3.34. The van der Waals surface area contributed by atoms with Gasteiger partial charge in [-0.2, -0.15) is 0 Å². The van der Waals surface area contributed by atoms with Crippen LogP contribution in [-0.4, -0.2) is 10.9 Å². The third-order valence-corrected chi connectivity index (χ3v) is 2.62. The van der Waals surface area contributed by atoms with E-state index < -0.39 is 10.9 Å². The summed E-state index contributed by atoms with van der Waals surface area (Å²) in [6, 6.07) is 2.83. The van der Waals surface area contributed by atoms with Crippen molar-refractivity contribution in [1.82, 2.24) is 0 Å².